The maximum atomic E-state index is 5.70. The summed E-state index contributed by atoms with van der Waals surface area (Å²) in [5.41, 5.74) is 6.89. The van der Waals surface area contributed by atoms with Crippen LogP contribution in [-0.2, 0) is 6.42 Å². The standard InChI is InChI=1S/C15H19NO/c1-2-17-15-10-9-12-6-3-4-7-13(12)14(15)8-5-11-16/h3-4,6-7,9-10H,2,5,8,11,16H2,1H3. The number of benzene rings is 2. The lowest BCUT2D eigenvalue weighted by Crippen LogP contribution is -2.03. The third-order valence-corrected chi connectivity index (χ3v) is 2.93. The van der Waals surface area contributed by atoms with Crippen LogP contribution in [0, 0.1) is 0 Å². The molecule has 2 N–H and O–H groups in total. The molecule has 17 heavy (non-hydrogen) atoms. The second kappa shape index (κ2) is 5.69. The van der Waals surface area contributed by atoms with E-state index in [9.17, 15) is 0 Å². The molecule has 2 nitrogen and oxygen atoms in total. The minimum absolute atomic E-state index is 0.702. The topological polar surface area (TPSA) is 35.2 Å². The van der Waals surface area contributed by atoms with Crippen molar-refractivity contribution in [2.45, 2.75) is 19.8 Å². The first-order valence-corrected chi connectivity index (χ1v) is 6.20. The SMILES string of the molecule is CCOc1ccc2ccccc2c1CCCN. The van der Waals surface area contributed by atoms with E-state index in [4.69, 9.17) is 10.5 Å². The molecule has 0 bridgehead atoms. The molecule has 0 aliphatic rings. The monoisotopic (exact) mass is 229 g/mol. The molecule has 2 rings (SSSR count). The van der Waals surface area contributed by atoms with E-state index < -0.39 is 0 Å². The second-order valence-corrected chi connectivity index (χ2v) is 4.09. The number of nitrogens with two attached hydrogens (primary N) is 1. The van der Waals surface area contributed by atoms with Gasteiger partial charge in [0.05, 0.1) is 6.61 Å². The van der Waals surface area contributed by atoms with Crippen LogP contribution in [-0.4, -0.2) is 13.2 Å². The zero-order valence-electron chi connectivity index (χ0n) is 10.3. The largest absolute Gasteiger partial charge is 0.494 e. The van der Waals surface area contributed by atoms with Gasteiger partial charge >= 0.3 is 0 Å². The summed E-state index contributed by atoms with van der Waals surface area (Å²) < 4.78 is 5.70. The molecule has 0 spiro atoms. The fraction of sp³-hybridized carbons (Fsp3) is 0.333. The molecule has 2 aromatic carbocycles. The van der Waals surface area contributed by atoms with Crippen LogP contribution in [0.15, 0.2) is 36.4 Å². The summed E-state index contributed by atoms with van der Waals surface area (Å²) in [6, 6.07) is 12.6. The minimum Gasteiger partial charge on any atom is -0.494 e. The van der Waals surface area contributed by atoms with Gasteiger partial charge in [-0.15, -0.1) is 0 Å². The number of aryl methyl sites for hydroxylation is 1. The Morgan fingerprint density at radius 1 is 1.12 bits per heavy atom. The lowest BCUT2D eigenvalue weighted by molar-refractivity contribution is 0.337. The van der Waals surface area contributed by atoms with Crippen LogP contribution in [0.3, 0.4) is 0 Å². The third-order valence-electron chi connectivity index (χ3n) is 2.93. The molecule has 2 aromatic rings. The summed E-state index contributed by atoms with van der Waals surface area (Å²) in [6.45, 7) is 3.44. The number of ether oxygens (including phenoxy) is 1. The Hall–Kier alpha value is -1.54. The first-order chi connectivity index (χ1) is 8.36. The van der Waals surface area contributed by atoms with E-state index in [2.05, 4.69) is 36.4 Å². The normalized spacial score (nSPS) is 10.7. The average molecular weight is 229 g/mol. The molecule has 0 aromatic heterocycles. The minimum atomic E-state index is 0.702. The van der Waals surface area contributed by atoms with Gasteiger partial charge in [0.15, 0.2) is 0 Å². The number of rotatable bonds is 5. The number of hydrogen-bond donors (Lipinski definition) is 1. The quantitative estimate of drug-likeness (QED) is 0.855. The van der Waals surface area contributed by atoms with Gasteiger partial charge in [-0.25, -0.2) is 0 Å². The van der Waals surface area contributed by atoms with E-state index in [-0.39, 0.29) is 0 Å². The summed E-state index contributed by atoms with van der Waals surface area (Å²) in [5, 5.41) is 2.55. The summed E-state index contributed by atoms with van der Waals surface area (Å²) in [6.07, 6.45) is 1.97. The van der Waals surface area contributed by atoms with Gasteiger partial charge in [-0.05, 0) is 43.1 Å². The second-order valence-electron chi connectivity index (χ2n) is 4.09. The Balaban J connectivity index is 2.49. The van der Waals surface area contributed by atoms with Gasteiger partial charge < -0.3 is 10.5 Å². The molecule has 0 aliphatic carbocycles. The van der Waals surface area contributed by atoms with Gasteiger partial charge in [-0.2, -0.15) is 0 Å². The molecule has 0 heterocycles. The van der Waals surface area contributed by atoms with Crippen LogP contribution in [0.25, 0.3) is 10.8 Å². The molecule has 0 aliphatic heterocycles. The molecule has 2 heteroatoms. The molecule has 90 valence electrons. The van der Waals surface area contributed by atoms with E-state index in [0.717, 1.165) is 25.1 Å². The van der Waals surface area contributed by atoms with Crippen LogP contribution in [0.1, 0.15) is 18.9 Å². The lowest BCUT2D eigenvalue weighted by atomic mass is 10.00. The van der Waals surface area contributed by atoms with Gasteiger partial charge in [0.25, 0.3) is 0 Å². The van der Waals surface area contributed by atoms with Crippen LogP contribution in [0.2, 0.25) is 0 Å². The van der Waals surface area contributed by atoms with Crippen LogP contribution >= 0.6 is 0 Å². The molecular weight excluding hydrogens is 210 g/mol. The van der Waals surface area contributed by atoms with Crippen LogP contribution < -0.4 is 10.5 Å². The molecule has 0 unspecified atom stereocenters. The van der Waals surface area contributed by atoms with Crippen molar-refractivity contribution in [2.24, 2.45) is 5.73 Å². The predicted octanol–water partition coefficient (Wildman–Crippen LogP) is 3.13. The number of hydrogen-bond acceptors (Lipinski definition) is 2. The van der Waals surface area contributed by atoms with Crippen molar-refractivity contribution < 1.29 is 4.74 Å². The molecule has 0 saturated heterocycles. The number of fused-ring (bicyclic) bond motifs is 1. The van der Waals surface area contributed by atoms with E-state index in [0.29, 0.717) is 6.61 Å². The van der Waals surface area contributed by atoms with E-state index in [1.807, 2.05) is 6.92 Å². The van der Waals surface area contributed by atoms with Crippen molar-refractivity contribution in [1.82, 2.24) is 0 Å². The van der Waals surface area contributed by atoms with Gasteiger partial charge in [-0.1, -0.05) is 30.3 Å². The maximum absolute atomic E-state index is 5.70. The maximum Gasteiger partial charge on any atom is 0.123 e. The van der Waals surface area contributed by atoms with Crippen molar-refractivity contribution in [2.75, 3.05) is 13.2 Å². The highest BCUT2D eigenvalue weighted by molar-refractivity contribution is 5.87. The highest BCUT2D eigenvalue weighted by Crippen LogP contribution is 2.29. The van der Waals surface area contributed by atoms with Crippen molar-refractivity contribution in [3.63, 3.8) is 0 Å². The van der Waals surface area contributed by atoms with Crippen molar-refractivity contribution >= 4 is 10.8 Å². The predicted molar refractivity (Wildman–Crippen MR) is 72.5 cm³/mol. The molecular formula is C15H19NO. The van der Waals surface area contributed by atoms with Crippen molar-refractivity contribution in [3.8, 4) is 5.75 Å². The molecule has 0 fully saturated rings. The Kier molecular flexibility index (Phi) is 3.99. The van der Waals surface area contributed by atoms with Gasteiger partial charge in [0, 0.05) is 5.56 Å². The average Bonchev–Trinajstić information content (AvgIpc) is 2.37. The van der Waals surface area contributed by atoms with Crippen molar-refractivity contribution in [1.29, 1.82) is 0 Å². The van der Waals surface area contributed by atoms with Gasteiger partial charge in [0.2, 0.25) is 0 Å². The molecule has 0 saturated carbocycles. The summed E-state index contributed by atoms with van der Waals surface area (Å²) in [5.74, 6) is 1.000. The van der Waals surface area contributed by atoms with Crippen molar-refractivity contribution in [3.05, 3.63) is 42.0 Å². The molecule has 0 radical (unpaired) electrons. The van der Waals surface area contributed by atoms with Gasteiger partial charge in [0.1, 0.15) is 5.75 Å². The first kappa shape index (κ1) is 11.9. The molecule has 0 atom stereocenters. The van der Waals surface area contributed by atoms with Gasteiger partial charge in [-0.3, -0.25) is 0 Å². The molecule has 0 amide bonds. The zero-order chi connectivity index (χ0) is 12.1. The van der Waals surface area contributed by atoms with E-state index in [1.165, 1.54) is 16.3 Å². The Morgan fingerprint density at radius 3 is 2.71 bits per heavy atom. The van der Waals surface area contributed by atoms with Crippen LogP contribution in [0.4, 0.5) is 0 Å². The third kappa shape index (κ3) is 2.59. The van der Waals surface area contributed by atoms with E-state index >= 15 is 0 Å². The lowest BCUT2D eigenvalue weighted by Gasteiger charge is -2.13. The van der Waals surface area contributed by atoms with Crippen LogP contribution in [0.5, 0.6) is 5.75 Å². The Labute approximate surface area is 102 Å². The smallest absolute Gasteiger partial charge is 0.123 e. The summed E-state index contributed by atoms with van der Waals surface area (Å²) in [4.78, 5) is 0. The summed E-state index contributed by atoms with van der Waals surface area (Å²) >= 11 is 0. The zero-order valence-corrected chi connectivity index (χ0v) is 10.3. The fourth-order valence-electron chi connectivity index (χ4n) is 2.14. The first-order valence-electron chi connectivity index (χ1n) is 6.20. The fourth-order valence-corrected chi connectivity index (χ4v) is 2.14. The summed E-state index contributed by atoms with van der Waals surface area (Å²) in [7, 11) is 0. The highest BCUT2D eigenvalue weighted by Gasteiger charge is 2.07. The van der Waals surface area contributed by atoms with E-state index in [1.54, 1.807) is 0 Å². The Bertz CT molecular complexity index is 493. The Morgan fingerprint density at radius 2 is 1.94 bits per heavy atom. The highest BCUT2D eigenvalue weighted by atomic mass is 16.5.